The molecule has 0 fully saturated rings. The van der Waals surface area contributed by atoms with E-state index in [1.54, 1.807) is 6.20 Å². The first-order valence-electron chi connectivity index (χ1n) is 7.81. The second-order valence-corrected chi connectivity index (χ2v) is 5.60. The van der Waals surface area contributed by atoms with Crippen molar-refractivity contribution in [3.05, 3.63) is 72.2 Å². The summed E-state index contributed by atoms with van der Waals surface area (Å²) >= 11 is 0. The molecule has 120 valence electrons. The number of oxazole rings is 1. The fraction of sp³-hybridized carbons (Fsp3) is 0.158. The van der Waals surface area contributed by atoms with Crippen LogP contribution in [0.3, 0.4) is 0 Å². The molecule has 0 aliphatic carbocycles. The first-order valence-corrected chi connectivity index (χ1v) is 7.81. The summed E-state index contributed by atoms with van der Waals surface area (Å²) in [5.74, 6) is 1.58. The van der Waals surface area contributed by atoms with Crippen LogP contribution in [0.25, 0.3) is 11.3 Å². The first kappa shape index (κ1) is 14.5. The first-order chi connectivity index (χ1) is 11.8. The van der Waals surface area contributed by atoms with E-state index >= 15 is 0 Å². The Morgan fingerprint density at radius 2 is 1.92 bits per heavy atom. The van der Waals surface area contributed by atoms with Crippen LogP contribution in [0.15, 0.2) is 65.2 Å². The monoisotopic (exact) mass is 320 g/mol. The lowest BCUT2D eigenvalue weighted by molar-refractivity contribution is -0.123. The number of para-hydroxylation sites is 1. The number of hydrogen-bond donors (Lipinski definition) is 1. The topological polar surface area (TPSA) is 64.4 Å². The summed E-state index contributed by atoms with van der Waals surface area (Å²) in [6, 6.07) is 17.3. The van der Waals surface area contributed by atoms with E-state index in [1.165, 1.54) is 0 Å². The molecule has 24 heavy (non-hydrogen) atoms. The lowest BCUT2D eigenvalue weighted by Crippen LogP contribution is -2.29. The molecule has 5 nitrogen and oxygen atoms in total. The van der Waals surface area contributed by atoms with Gasteiger partial charge < -0.3 is 14.5 Å². The Morgan fingerprint density at radius 1 is 1.12 bits per heavy atom. The van der Waals surface area contributed by atoms with Gasteiger partial charge in [-0.1, -0.05) is 48.5 Å². The number of rotatable bonds is 4. The van der Waals surface area contributed by atoms with Crippen LogP contribution in [0.1, 0.15) is 17.4 Å². The van der Waals surface area contributed by atoms with Crippen LogP contribution in [0.2, 0.25) is 0 Å². The number of amides is 1. The van der Waals surface area contributed by atoms with E-state index in [4.69, 9.17) is 9.15 Å². The molecule has 0 radical (unpaired) electrons. The molecule has 0 saturated carbocycles. The van der Waals surface area contributed by atoms with Crippen molar-refractivity contribution < 1.29 is 13.9 Å². The van der Waals surface area contributed by atoms with Gasteiger partial charge in [0.1, 0.15) is 18.3 Å². The number of ether oxygens (including phenoxy) is 1. The third kappa shape index (κ3) is 2.76. The Balaban J connectivity index is 1.41. The van der Waals surface area contributed by atoms with Crippen LogP contribution in [-0.4, -0.2) is 17.5 Å². The molecule has 4 rings (SSSR count). The van der Waals surface area contributed by atoms with Crippen molar-refractivity contribution in [2.45, 2.75) is 12.5 Å². The predicted molar refractivity (Wildman–Crippen MR) is 88.5 cm³/mol. The van der Waals surface area contributed by atoms with Gasteiger partial charge in [-0.2, -0.15) is 0 Å². The molecule has 0 saturated heterocycles. The number of hydrogen-bond acceptors (Lipinski definition) is 4. The number of nitrogens with one attached hydrogen (secondary N) is 1. The largest absolute Gasteiger partial charge is 0.492 e. The maximum Gasteiger partial charge on any atom is 0.231 e. The van der Waals surface area contributed by atoms with Gasteiger partial charge in [0.05, 0.1) is 12.7 Å². The maximum absolute atomic E-state index is 12.4. The zero-order chi connectivity index (χ0) is 16.4. The minimum absolute atomic E-state index is 0.0839. The summed E-state index contributed by atoms with van der Waals surface area (Å²) in [6.07, 6.45) is 1.67. The van der Waals surface area contributed by atoms with Gasteiger partial charge >= 0.3 is 0 Å². The maximum atomic E-state index is 12.4. The average Bonchev–Trinajstić information content (AvgIpc) is 3.27. The second-order valence-electron chi connectivity index (χ2n) is 5.60. The SMILES string of the molecule is O=C(NCc1ncc(-c2ccccc2)o1)[C@@H]1COc2ccccc21. The molecule has 2 aromatic carbocycles. The van der Waals surface area contributed by atoms with E-state index in [-0.39, 0.29) is 18.4 Å². The van der Waals surface area contributed by atoms with Crippen LogP contribution in [-0.2, 0) is 11.3 Å². The summed E-state index contributed by atoms with van der Waals surface area (Å²) in [7, 11) is 0. The van der Waals surface area contributed by atoms with Gasteiger partial charge in [-0.05, 0) is 6.07 Å². The van der Waals surface area contributed by atoms with E-state index in [1.807, 2.05) is 54.6 Å². The minimum Gasteiger partial charge on any atom is -0.492 e. The molecule has 0 unspecified atom stereocenters. The molecule has 1 N–H and O–H groups in total. The van der Waals surface area contributed by atoms with Gasteiger partial charge in [0, 0.05) is 11.1 Å². The van der Waals surface area contributed by atoms with Crippen molar-refractivity contribution in [1.29, 1.82) is 0 Å². The molecular weight excluding hydrogens is 304 g/mol. The molecule has 1 atom stereocenters. The van der Waals surface area contributed by atoms with Gasteiger partial charge in [-0.15, -0.1) is 0 Å². The van der Waals surface area contributed by atoms with Crippen molar-refractivity contribution in [1.82, 2.24) is 10.3 Å². The summed E-state index contributed by atoms with van der Waals surface area (Å²) in [5, 5.41) is 2.87. The second kappa shape index (κ2) is 6.20. The summed E-state index contributed by atoms with van der Waals surface area (Å²) in [5.41, 5.74) is 1.88. The highest BCUT2D eigenvalue weighted by Gasteiger charge is 2.29. The molecule has 5 heteroatoms. The molecule has 0 spiro atoms. The van der Waals surface area contributed by atoms with Gasteiger partial charge in [-0.3, -0.25) is 4.79 Å². The summed E-state index contributed by atoms with van der Waals surface area (Å²) in [4.78, 5) is 16.6. The predicted octanol–water partition coefficient (Wildman–Crippen LogP) is 3.13. The van der Waals surface area contributed by atoms with Gasteiger partial charge in [0.25, 0.3) is 0 Å². The third-order valence-electron chi connectivity index (χ3n) is 4.04. The number of benzene rings is 2. The Kier molecular flexibility index (Phi) is 3.75. The van der Waals surface area contributed by atoms with Crippen molar-refractivity contribution in [2.75, 3.05) is 6.61 Å². The van der Waals surface area contributed by atoms with E-state index in [0.717, 1.165) is 16.9 Å². The van der Waals surface area contributed by atoms with Crippen LogP contribution in [0, 0.1) is 0 Å². The summed E-state index contributed by atoms with van der Waals surface area (Å²) in [6.45, 7) is 0.621. The molecular formula is C19H16N2O3. The highest BCUT2D eigenvalue weighted by atomic mass is 16.5. The molecule has 1 aliphatic rings. The molecule has 3 aromatic rings. The normalized spacial score (nSPS) is 15.6. The van der Waals surface area contributed by atoms with Crippen LogP contribution in [0.5, 0.6) is 5.75 Å². The molecule has 2 heterocycles. The Morgan fingerprint density at radius 3 is 2.79 bits per heavy atom. The van der Waals surface area contributed by atoms with Crippen molar-refractivity contribution in [3.8, 4) is 17.1 Å². The van der Waals surface area contributed by atoms with E-state index < -0.39 is 0 Å². The lowest BCUT2D eigenvalue weighted by atomic mass is 10.0. The Bertz CT molecular complexity index is 858. The average molecular weight is 320 g/mol. The van der Waals surface area contributed by atoms with Crippen molar-refractivity contribution in [3.63, 3.8) is 0 Å². The van der Waals surface area contributed by atoms with Crippen molar-refractivity contribution >= 4 is 5.91 Å². The molecule has 0 bridgehead atoms. The number of carbonyl (C=O) groups excluding carboxylic acids is 1. The Labute approximate surface area is 139 Å². The van der Waals surface area contributed by atoms with Crippen LogP contribution < -0.4 is 10.1 Å². The third-order valence-corrected chi connectivity index (χ3v) is 4.04. The van der Waals surface area contributed by atoms with E-state index in [9.17, 15) is 4.79 Å². The molecule has 1 aliphatic heterocycles. The fourth-order valence-corrected chi connectivity index (χ4v) is 2.79. The quantitative estimate of drug-likeness (QED) is 0.802. The van der Waals surface area contributed by atoms with Crippen LogP contribution >= 0.6 is 0 Å². The summed E-state index contributed by atoms with van der Waals surface area (Å²) < 4.78 is 11.2. The Hall–Kier alpha value is -3.08. The molecule has 1 aromatic heterocycles. The number of aromatic nitrogens is 1. The van der Waals surface area contributed by atoms with Gasteiger partial charge in [0.2, 0.25) is 11.8 Å². The van der Waals surface area contributed by atoms with Crippen molar-refractivity contribution in [2.24, 2.45) is 0 Å². The standard InChI is InChI=1S/C19H16N2O3/c22-19(15-12-23-16-9-5-4-8-14(15)16)21-11-18-20-10-17(24-18)13-6-2-1-3-7-13/h1-10,15H,11-12H2,(H,21,22)/t15-/m1/s1. The minimum atomic E-state index is -0.287. The zero-order valence-electron chi connectivity index (χ0n) is 12.9. The lowest BCUT2D eigenvalue weighted by Gasteiger charge is -2.08. The highest BCUT2D eigenvalue weighted by molar-refractivity contribution is 5.85. The zero-order valence-corrected chi connectivity index (χ0v) is 12.9. The highest BCUT2D eigenvalue weighted by Crippen LogP contribution is 2.33. The number of nitrogens with zero attached hydrogens (tertiary/aromatic N) is 1. The molecule has 1 amide bonds. The fourth-order valence-electron chi connectivity index (χ4n) is 2.79. The number of carbonyl (C=O) groups is 1. The number of fused-ring (bicyclic) bond motifs is 1. The van der Waals surface area contributed by atoms with Gasteiger partial charge in [-0.25, -0.2) is 4.98 Å². The van der Waals surface area contributed by atoms with Crippen LogP contribution in [0.4, 0.5) is 0 Å². The van der Waals surface area contributed by atoms with E-state index in [2.05, 4.69) is 10.3 Å². The smallest absolute Gasteiger partial charge is 0.231 e. The van der Waals surface area contributed by atoms with Gasteiger partial charge in [0.15, 0.2) is 5.76 Å². The van der Waals surface area contributed by atoms with E-state index in [0.29, 0.717) is 18.3 Å².